The zero-order chi connectivity index (χ0) is 15.7. The van der Waals surface area contributed by atoms with Gasteiger partial charge in [0.15, 0.2) is 0 Å². The first-order valence-electron chi connectivity index (χ1n) is 7.51. The van der Waals surface area contributed by atoms with Crippen molar-refractivity contribution in [2.24, 2.45) is 10.9 Å². The molecule has 0 bridgehead atoms. The number of carbonyl (C=O) groups is 1. The molecule has 0 spiro atoms. The van der Waals surface area contributed by atoms with Crippen LogP contribution >= 0.6 is 0 Å². The first-order valence-corrected chi connectivity index (χ1v) is 7.51. The van der Waals surface area contributed by atoms with Crippen LogP contribution in [0.2, 0.25) is 0 Å². The van der Waals surface area contributed by atoms with Gasteiger partial charge in [0.2, 0.25) is 5.91 Å². The summed E-state index contributed by atoms with van der Waals surface area (Å²) in [4.78, 5) is 16.0. The standard InChI is InChI=1S/C16H17F3N2O/c17-16(18,19)11-6-7-13-12(8-11)15(20-9-14(22)21-13)10-4-2-1-3-5-10/h6-8,10H,1-5,9H2,(H,21,22). The number of anilines is 1. The Balaban J connectivity index is 2.06. The molecule has 1 aliphatic heterocycles. The Hall–Kier alpha value is -1.85. The fourth-order valence-corrected chi connectivity index (χ4v) is 3.20. The highest BCUT2D eigenvalue weighted by Gasteiger charge is 2.33. The number of benzene rings is 1. The lowest BCUT2D eigenvalue weighted by molar-refractivity contribution is -0.137. The minimum atomic E-state index is -4.40. The van der Waals surface area contributed by atoms with E-state index in [4.69, 9.17) is 0 Å². The maximum Gasteiger partial charge on any atom is 0.416 e. The molecule has 1 amide bonds. The van der Waals surface area contributed by atoms with Crippen molar-refractivity contribution in [3.63, 3.8) is 0 Å². The molecule has 118 valence electrons. The van der Waals surface area contributed by atoms with E-state index >= 15 is 0 Å². The Morgan fingerprint density at radius 3 is 2.55 bits per heavy atom. The van der Waals surface area contributed by atoms with Crippen molar-refractivity contribution in [2.75, 3.05) is 11.9 Å². The van der Waals surface area contributed by atoms with Crippen molar-refractivity contribution >= 4 is 17.3 Å². The van der Waals surface area contributed by atoms with Crippen LogP contribution in [0.15, 0.2) is 23.2 Å². The molecule has 2 aliphatic rings. The number of benzodiazepines with no additional fused rings is 1. The van der Waals surface area contributed by atoms with Crippen molar-refractivity contribution < 1.29 is 18.0 Å². The molecule has 3 nitrogen and oxygen atoms in total. The Bertz CT molecular complexity index is 616. The molecule has 1 fully saturated rings. The fourth-order valence-electron chi connectivity index (χ4n) is 3.20. The minimum absolute atomic E-state index is 0.0259. The lowest BCUT2D eigenvalue weighted by atomic mass is 9.82. The molecule has 1 aromatic carbocycles. The van der Waals surface area contributed by atoms with Crippen LogP contribution in [0.5, 0.6) is 0 Å². The van der Waals surface area contributed by atoms with Crippen LogP contribution in [-0.2, 0) is 11.0 Å². The van der Waals surface area contributed by atoms with Gasteiger partial charge in [-0.3, -0.25) is 9.79 Å². The Labute approximate surface area is 126 Å². The molecular formula is C16H17F3N2O. The number of hydrogen-bond donors (Lipinski definition) is 1. The topological polar surface area (TPSA) is 41.5 Å². The monoisotopic (exact) mass is 310 g/mol. The van der Waals surface area contributed by atoms with E-state index in [1.165, 1.54) is 6.07 Å². The summed E-state index contributed by atoms with van der Waals surface area (Å²) >= 11 is 0. The number of rotatable bonds is 1. The van der Waals surface area contributed by atoms with Gasteiger partial charge in [0.25, 0.3) is 0 Å². The van der Waals surface area contributed by atoms with Crippen molar-refractivity contribution in [1.29, 1.82) is 0 Å². The number of alkyl halides is 3. The molecule has 1 N–H and O–H groups in total. The van der Waals surface area contributed by atoms with Gasteiger partial charge in [-0.15, -0.1) is 0 Å². The quantitative estimate of drug-likeness (QED) is 0.836. The number of fused-ring (bicyclic) bond motifs is 1. The van der Waals surface area contributed by atoms with Gasteiger partial charge < -0.3 is 5.32 Å². The maximum absolute atomic E-state index is 13.0. The second-order valence-corrected chi connectivity index (χ2v) is 5.84. The van der Waals surface area contributed by atoms with E-state index in [2.05, 4.69) is 10.3 Å². The van der Waals surface area contributed by atoms with Crippen LogP contribution in [0.3, 0.4) is 0 Å². The molecule has 1 heterocycles. The number of amides is 1. The summed E-state index contributed by atoms with van der Waals surface area (Å²) in [5.74, 6) is -0.143. The first kappa shape index (κ1) is 15.1. The Morgan fingerprint density at radius 2 is 1.86 bits per heavy atom. The number of nitrogens with one attached hydrogen (secondary N) is 1. The molecular weight excluding hydrogens is 293 g/mol. The predicted octanol–water partition coefficient (Wildman–Crippen LogP) is 4.03. The third-order valence-corrected chi connectivity index (χ3v) is 4.28. The smallest absolute Gasteiger partial charge is 0.324 e. The summed E-state index contributed by atoms with van der Waals surface area (Å²) in [6.07, 6.45) is 0.698. The average Bonchev–Trinajstić information content (AvgIpc) is 2.65. The molecule has 0 unspecified atom stereocenters. The highest BCUT2D eigenvalue weighted by atomic mass is 19.4. The third-order valence-electron chi connectivity index (χ3n) is 4.28. The first-order chi connectivity index (χ1) is 10.4. The molecule has 3 rings (SSSR count). The molecule has 6 heteroatoms. The van der Waals surface area contributed by atoms with E-state index in [1.807, 2.05) is 0 Å². The highest BCUT2D eigenvalue weighted by Crippen LogP contribution is 2.35. The van der Waals surface area contributed by atoms with Gasteiger partial charge >= 0.3 is 6.18 Å². The molecule has 1 aromatic rings. The summed E-state index contributed by atoms with van der Waals surface area (Å²) in [5.41, 5.74) is 0.803. The van der Waals surface area contributed by atoms with E-state index in [0.29, 0.717) is 17.0 Å². The summed E-state index contributed by atoms with van der Waals surface area (Å²) < 4.78 is 38.9. The predicted molar refractivity (Wildman–Crippen MR) is 78.1 cm³/mol. The van der Waals surface area contributed by atoms with E-state index in [1.54, 1.807) is 0 Å². The molecule has 1 saturated carbocycles. The van der Waals surface area contributed by atoms with Crippen LogP contribution in [0.4, 0.5) is 18.9 Å². The summed E-state index contributed by atoms with van der Waals surface area (Å²) in [6.45, 7) is -0.0259. The molecule has 0 radical (unpaired) electrons. The van der Waals surface area contributed by atoms with Crippen molar-refractivity contribution in [3.8, 4) is 0 Å². The zero-order valence-electron chi connectivity index (χ0n) is 12.0. The summed E-state index contributed by atoms with van der Waals surface area (Å²) in [7, 11) is 0. The van der Waals surface area contributed by atoms with Crippen LogP contribution in [0.25, 0.3) is 0 Å². The fraction of sp³-hybridized carbons (Fsp3) is 0.500. The van der Waals surface area contributed by atoms with Crippen LogP contribution in [0, 0.1) is 5.92 Å². The number of nitrogens with zero attached hydrogens (tertiary/aromatic N) is 1. The van der Waals surface area contributed by atoms with Gasteiger partial charge in [0.05, 0.1) is 5.56 Å². The molecule has 22 heavy (non-hydrogen) atoms. The Morgan fingerprint density at radius 1 is 1.14 bits per heavy atom. The van der Waals surface area contributed by atoms with Crippen LogP contribution < -0.4 is 5.32 Å². The van der Waals surface area contributed by atoms with E-state index in [-0.39, 0.29) is 18.4 Å². The lowest BCUT2D eigenvalue weighted by Gasteiger charge is -2.24. The number of hydrogen-bond acceptors (Lipinski definition) is 2. The van der Waals surface area contributed by atoms with E-state index < -0.39 is 11.7 Å². The number of carbonyl (C=O) groups excluding carboxylic acids is 1. The molecule has 0 saturated heterocycles. The summed E-state index contributed by atoms with van der Waals surface area (Å²) in [6, 6.07) is 3.46. The van der Waals surface area contributed by atoms with Gasteiger partial charge in [0.1, 0.15) is 6.54 Å². The van der Waals surface area contributed by atoms with Crippen molar-refractivity contribution in [3.05, 3.63) is 29.3 Å². The average molecular weight is 310 g/mol. The van der Waals surface area contributed by atoms with Gasteiger partial charge in [-0.25, -0.2) is 0 Å². The van der Waals surface area contributed by atoms with Gasteiger partial charge in [0, 0.05) is 22.9 Å². The minimum Gasteiger partial charge on any atom is -0.324 e. The van der Waals surface area contributed by atoms with Gasteiger partial charge in [-0.05, 0) is 31.0 Å². The molecule has 1 aliphatic carbocycles. The van der Waals surface area contributed by atoms with E-state index in [0.717, 1.165) is 44.2 Å². The highest BCUT2D eigenvalue weighted by molar-refractivity contribution is 6.12. The zero-order valence-corrected chi connectivity index (χ0v) is 12.0. The molecule has 0 atom stereocenters. The van der Waals surface area contributed by atoms with Gasteiger partial charge in [-0.1, -0.05) is 19.3 Å². The Kier molecular flexibility index (Phi) is 3.93. The summed E-state index contributed by atoms with van der Waals surface area (Å²) in [5, 5.41) is 2.65. The van der Waals surface area contributed by atoms with Crippen molar-refractivity contribution in [1.82, 2.24) is 0 Å². The lowest BCUT2D eigenvalue weighted by Crippen LogP contribution is -2.20. The SMILES string of the molecule is O=C1CN=C(C2CCCCC2)c2cc(C(F)(F)F)ccc2N1. The van der Waals surface area contributed by atoms with Crippen molar-refractivity contribution in [2.45, 2.75) is 38.3 Å². The number of aliphatic imine (C=N–C) groups is 1. The third kappa shape index (κ3) is 3.00. The van der Waals surface area contributed by atoms with E-state index in [9.17, 15) is 18.0 Å². The van der Waals surface area contributed by atoms with Crippen LogP contribution in [0.1, 0.15) is 43.2 Å². The van der Waals surface area contributed by atoms with Gasteiger partial charge in [-0.2, -0.15) is 13.2 Å². The van der Waals surface area contributed by atoms with Crippen LogP contribution in [-0.4, -0.2) is 18.2 Å². The second kappa shape index (κ2) is 5.74. The largest absolute Gasteiger partial charge is 0.416 e. The maximum atomic E-state index is 13.0. The number of halogens is 3. The molecule has 0 aromatic heterocycles. The second-order valence-electron chi connectivity index (χ2n) is 5.84. The normalized spacial score (nSPS) is 20.0.